The van der Waals surface area contributed by atoms with E-state index in [-0.39, 0.29) is 0 Å². The van der Waals surface area contributed by atoms with Gasteiger partial charge in [-0.15, -0.1) is 0 Å². The first kappa shape index (κ1) is 16.4. The van der Waals surface area contributed by atoms with E-state index in [0.29, 0.717) is 11.5 Å². The van der Waals surface area contributed by atoms with Gasteiger partial charge in [-0.2, -0.15) is 0 Å². The van der Waals surface area contributed by atoms with E-state index in [4.69, 9.17) is 9.47 Å². The van der Waals surface area contributed by atoms with E-state index < -0.39 is 0 Å². The molecule has 0 amide bonds. The number of hydrogen-bond acceptors (Lipinski definition) is 3. The highest BCUT2D eigenvalue weighted by Gasteiger charge is 2.47. The Morgan fingerprint density at radius 3 is 3.04 bits per heavy atom. The predicted octanol–water partition coefficient (Wildman–Crippen LogP) is 4.01. The van der Waals surface area contributed by atoms with Crippen molar-refractivity contribution in [2.75, 3.05) is 32.8 Å². The fourth-order valence-corrected chi connectivity index (χ4v) is 5.33. The molecule has 0 bridgehead atoms. The summed E-state index contributed by atoms with van der Waals surface area (Å²) < 4.78 is 11.6. The van der Waals surface area contributed by atoms with Crippen LogP contribution in [0.1, 0.15) is 51.0 Å². The summed E-state index contributed by atoms with van der Waals surface area (Å²) in [4.78, 5) is 2.68. The standard InChI is InChI=1S/C21H31NO2/c1-2-23-19-8-3-6-17(14-19)21-10-4-7-18(21)15-22(12-11-21)16-20-9-5-13-24-20/h3,6,8,14,18,20H,2,4-5,7,9-13,15-16H2,1H3. The molecule has 0 spiro atoms. The Morgan fingerprint density at radius 1 is 1.25 bits per heavy atom. The van der Waals surface area contributed by atoms with Crippen LogP contribution in [0.5, 0.6) is 5.75 Å². The molecule has 1 saturated carbocycles. The summed E-state index contributed by atoms with van der Waals surface area (Å²) in [7, 11) is 0. The number of nitrogens with zero attached hydrogens (tertiary/aromatic N) is 1. The molecule has 3 nitrogen and oxygen atoms in total. The van der Waals surface area contributed by atoms with Gasteiger partial charge in [0, 0.05) is 25.1 Å². The summed E-state index contributed by atoms with van der Waals surface area (Å²) in [5.74, 6) is 1.83. The molecular formula is C21H31NO2. The van der Waals surface area contributed by atoms with Gasteiger partial charge in [0.1, 0.15) is 5.75 Å². The van der Waals surface area contributed by atoms with Crippen LogP contribution in [0.3, 0.4) is 0 Å². The Bertz CT molecular complexity index is 555. The molecule has 0 radical (unpaired) electrons. The molecule has 2 aliphatic heterocycles. The van der Waals surface area contributed by atoms with E-state index >= 15 is 0 Å². The molecule has 3 heteroatoms. The van der Waals surface area contributed by atoms with Crippen molar-refractivity contribution >= 4 is 0 Å². The zero-order valence-corrected chi connectivity index (χ0v) is 15.0. The molecular weight excluding hydrogens is 298 g/mol. The SMILES string of the molecule is CCOc1cccc(C23CCCC2CN(CC2CCCO2)CC3)c1. The summed E-state index contributed by atoms with van der Waals surface area (Å²) in [6.07, 6.45) is 8.37. The van der Waals surface area contributed by atoms with Crippen molar-refractivity contribution in [1.29, 1.82) is 0 Å². The number of hydrogen-bond donors (Lipinski definition) is 0. The van der Waals surface area contributed by atoms with Crippen molar-refractivity contribution in [3.8, 4) is 5.75 Å². The zero-order chi connectivity index (χ0) is 16.4. The number of fused-ring (bicyclic) bond motifs is 1. The van der Waals surface area contributed by atoms with Crippen LogP contribution in [0, 0.1) is 5.92 Å². The van der Waals surface area contributed by atoms with Crippen molar-refractivity contribution in [3.63, 3.8) is 0 Å². The van der Waals surface area contributed by atoms with Gasteiger partial charge in [-0.05, 0) is 69.2 Å². The van der Waals surface area contributed by atoms with Crippen molar-refractivity contribution in [2.45, 2.75) is 57.0 Å². The van der Waals surface area contributed by atoms with Gasteiger partial charge < -0.3 is 14.4 Å². The first-order valence-electron chi connectivity index (χ1n) is 9.87. The van der Waals surface area contributed by atoms with Crippen LogP contribution in [-0.2, 0) is 10.2 Å². The third kappa shape index (κ3) is 3.09. The Labute approximate surface area is 146 Å². The monoisotopic (exact) mass is 329 g/mol. The molecule has 132 valence electrons. The Hall–Kier alpha value is -1.06. The average Bonchev–Trinajstić information content (AvgIpc) is 3.25. The maximum absolute atomic E-state index is 5.86. The fraction of sp³-hybridized carbons (Fsp3) is 0.714. The molecule has 1 aromatic rings. The van der Waals surface area contributed by atoms with Crippen molar-refractivity contribution in [1.82, 2.24) is 4.90 Å². The Morgan fingerprint density at radius 2 is 2.21 bits per heavy atom. The minimum Gasteiger partial charge on any atom is -0.494 e. The number of likely N-dealkylation sites (tertiary alicyclic amines) is 1. The summed E-state index contributed by atoms with van der Waals surface area (Å²) in [5.41, 5.74) is 1.91. The van der Waals surface area contributed by atoms with Gasteiger partial charge in [0.15, 0.2) is 0 Å². The molecule has 2 saturated heterocycles. The second-order valence-corrected chi connectivity index (χ2v) is 7.85. The topological polar surface area (TPSA) is 21.7 Å². The smallest absolute Gasteiger partial charge is 0.119 e. The molecule has 3 aliphatic rings. The number of benzene rings is 1. The molecule has 4 rings (SSSR count). The number of rotatable bonds is 5. The van der Waals surface area contributed by atoms with E-state index in [1.54, 1.807) is 0 Å². The predicted molar refractivity (Wildman–Crippen MR) is 96.7 cm³/mol. The maximum Gasteiger partial charge on any atom is 0.119 e. The van der Waals surface area contributed by atoms with Crippen LogP contribution in [0.2, 0.25) is 0 Å². The molecule has 1 aromatic carbocycles. The van der Waals surface area contributed by atoms with Crippen molar-refractivity contribution in [2.24, 2.45) is 5.92 Å². The fourth-order valence-electron chi connectivity index (χ4n) is 5.33. The van der Waals surface area contributed by atoms with Crippen LogP contribution in [0.25, 0.3) is 0 Å². The lowest BCUT2D eigenvalue weighted by Gasteiger charge is -2.45. The van der Waals surface area contributed by atoms with Gasteiger partial charge in [0.25, 0.3) is 0 Å². The van der Waals surface area contributed by atoms with Gasteiger partial charge in [-0.25, -0.2) is 0 Å². The van der Waals surface area contributed by atoms with Gasteiger partial charge in [0.05, 0.1) is 12.7 Å². The highest BCUT2D eigenvalue weighted by atomic mass is 16.5. The Balaban J connectivity index is 1.49. The maximum atomic E-state index is 5.86. The van der Waals surface area contributed by atoms with Crippen molar-refractivity contribution < 1.29 is 9.47 Å². The minimum absolute atomic E-state index is 0.389. The van der Waals surface area contributed by atoms with Crippen molar-refractivity contribution in [3.05, 3.63) is 29.8 Å². The lowest BCUT2D eigenvalue weighted by molar-refractivity contribution is 0.0400. The first-order valence-corrected chi connectivity index (χ1v) is 9.87. The van der Waals surface area contributed by atoms with Crippen LogP contribution in [0.4, 0.5) is 0 Å². The average molecular weight is 329 g/mol. The van der Waals surface area contributed by atoms with Gasteiger partial charge in [-0.1, -0.05) is 18.6 Å². The van der Waals surface area contributed by atoms with Gasteiger partial charge in [-0.3, -0.25) is 0 Å². The van der Waals surface area contributed by atoms with Crippen LogP contribution in [-0.4, -0.2) is 43.9 Å². The third-order valence-corrected chi connectivity index (χ3v) is 6.52. The lowest BCUT2D eigenvalue weighted by atomic mass is 9.67. The molecule has 2 heterocycles. The summed E-state index contributed by atoms with van der Waals surface area (Å²) in [6.45, 7) is 7.39. The number of piperidine rings is 1. The van der Waals surface area contributed by atoms with E-state index in [1.807, 2.05) is 0 Å². The molecule has 0 N–H and O–H groups in total. The third-order valence-electron chi connectivity index (χ3n) is 6.52. The van der Waals surface area contributed by atoms with Crippen LogP contribution in [0.15, 0.2) is 24.3 Å². The normalized spacial score (nSPS) is 33.5. The molecule has 1 aliphatic carbocycles. The van der Waals surface area contributed by atoms with E-state index in [9.17, 15) is 0 Å². The molecule has 0 aromatic heterocycles. The highest BCUT2D eigenvalue weighted by molar-refractivity contribution is 5.36. The second-order valence-electron chi connectivity index (χ2n) is 7.85. The van der Waals surface area contributed by atoms with Gasteiger partial charge >= 0.3 is 0 Å². The number of ether oxygens (including phenoxy) is 2. The summed E-state index contributed by atoms with van der Waals surface area (Å²) in [5, 5.41) is 0. The Kier molecular flexibility index (Phi) is 4.82. The minimum atomic E-state index is 0.389. The first-order chi connectivity index (χ1) is 11.8. The lowest BCUT2D eigenvalue weighted by Crippen LogP contribution is -2.49. The molecule has 3 fully saturated rings. The van der Waals surface area contributed by atoms with Gasteiger partial charge in [0.2, 0.25) is 0 Å². The second kappa shape index (κ2) is 7.05. The highest BCUT2D eigenvalue weighted by Crippen LogP contribution is 2.51. The van der Waals surface area contributed by atoms with Crippen LogP contribution < -0.4 is 4.74 Å². The van der Waals surface area contributed by atoms with E-state index in [2.05, 4.69) is 36.1 Å². The molecule has 24 heavy (non-hydrogen) atoms. The molecule has 3 unspecified atom stereocenters. The summed E-state index contributed by atoms with van der Waals surface area (Å²) >= 11 is 0. The quantitative estimate of drug-likeness (QED) is 0.815. The van der Waals surface area contributed by atoms with E-state index in [0.717, 1.165) is 31.4 Å². The van der Waals surface area contributed by atoms with Crippen LogP contribution >= 0.6 is 0 Å². The largest absolute Gasteiger partial charge is 0.494 e. The van der Waals surface area contributed by atoms with E-state index in [1.165, 1.54) is 57.2 Å². The zero-order valence-electron chi connectivity index (χ0n) is 15.0. The summed E-state index contributed by atoms with van der Waals surface area (Å²) in [6, 6.07) is 8.94. The molecule has 3 atom stereocenters.